The molecule has 5 nitrogen and oxygen atoms in total. The number of ether oxygens (including phenoxy) is 1. The second-order valence-corrected chi connectivity index (χ2v) is 8.34. The molecule has 172 valence electrons. The van der Waals surface area contributed by atoms with Crippen LogP contribution in [0, 0.1) is 6.92 Å². The van der Waals surface area contributed by atoms with Crippen molar-refractivity contribution in [2.24, 2.45) is 0 Å². The van der Waals surface area contributed by atoms with Gasteiger partial charge in [-0.15, -0.1) is 0 Å². The third-order valence-electron chi connectivity index (χ3n) is 5.85. The van der Waals surface area contributed by atoms with Gasteiger partial charge in [-0.05, 0) is 48.6 Å². The Kier molecular flexibility index (Phi) is 9.63. The maximum absolute atomic E-state index is 12.8. The van der Waals surface area contributed by atoms with Crippen molar-refractivity contribution in [1.82, 2.24) is 10.3 Å². The Morgan fingerprint density at radius 3 is 2.53 bits per heavy atom. The van der Waals surface area contributed by atoms with Gasteiger partial charge in [0.15, 0.2) is 0 Å². The first-order valence-electron chi connectivity index (χ1n) is 11.8. The summed E-state index contributed by atoms with van der Waals surface area (Å²) in [5, 5.41) is 3.42. The predicted octanol–water partition coefficient (Wildman–Crippen LogP) is 6.47. The number of benzene rings is 1. The number of aromatic amines is 1. The third kappa shape index (κ3) is 7.13. The number of carbonyl (C=O) groups excluding carboxylic acids is 1. The van der Waals surface area contributed by atoms with Crippen molar-refractivity contribution >= 4 is 5.97 Å². The smallest absolute Gasteiger partial charge is 0.355 e. The van der Waals surface area contributed by atoms with Gasteiger partial charge in [0.05, 0.1) is 12.8 Å². The van der Waals surface area contributed by atoms with E-state index in [1.165, 1.54) is 37.7 Å². The fourth-order valence-corrected chi connectivity index (χ4v) is 3.99. The number of H-pyrrole nitrogens is 1. The van der Waals surface area contributed by atoms with Crippen LogP contribution in [0.3, 0.4) is 0 Å². The number of furan rings is 1. The molecule has 32 heavy (non-hydrogen) atoms. The summed E-state index contributed by atoms with van der Waals surface area (Å²) in [5.41, 5.74) is 4.86. The van der Waals surface area contributed by atoms with Gasteiger partial charge in [0.25, 0.3) is 0 Å². The zero-order valence-corrected chi connectivity index (χ0v) is 19.4. The number of aromatic nitrogens is 1. The molecule has 0 aliphatic heterocycles. The van der Waals surface area contributed by atoms with E-state index in [4.69, 9.17) is 9.15 Å². The highest BCUT2D eigenvalue weighted by atomic mass is 16.5. The van der Waals surface area contributed by atoms with Crippen LogP contribution in [0.25, 0.3) is 0 Å². The predicted molar refractivity (Wildman–Crippen MR) is 127 cm³/mol. The van der Waals surface area contributed by atoms with E-state index in [0.29, 0.717) is 18.8 Å². The molecule has 0 spiro atoms. The van der Waals surface area contributed by atoms with Gasteiger partial charge in [0, 0.05) is 12.2 Å². The number of esters is 1. The number of carbonyl (C=O) groups is 1. The lowest BCUT2D eigenvalue weighted by Gasteiger charge is -2.07. The van der Waals surface area contributed by atoms with Crippen LogP contribution < -0.4 is 5.32 Å². The normalized spacial score (nSPS) is 11.1. The molecule has 3 rings (SSSR count). The molecular formula is C27H36N2O3. The summed E-state index contributed by atoms with van der Waals surface area (Å²) in [4.78, 5) is 16.2. The van der Waals surface area contributed by atoms with Crippen LogP contribution in [0.15, 0.2) is 53.1 Å². The van der Waals surface area contributed by atoms with Crippen molar-refractivity contribution < 1.29 is 13.9 Å². The Morgan fingerprint density at radius 1 is 1.00 bits per heavy atom. The molecule has 1 aromatic carbocycles. The lowest BCUT2D eigenvalue weighted by molar-refractivity contribution is 0.0465. The minimum atomic E-state index is -0.298. The van der Waals surface area contributed by atoms with Crippen LogP contribution in [-0.4, -0.2) is 11.0 Å². The number of hydrogen-bond acceptors (Lipinski definition) is 4. The van der Waals surface area contributed by atoms with Gasteiger partial charge in [-0.25, -0.2) is 4.79 Å². The first-order valence-corrected chi connectivity index (χ1v) is 11.8. The highest BCUT2D eigenvalue weighted by molar-refractivity contribution is 5.89. The minimum Gasteiger partial charge on any atom is -0.468 e. The Morgan fingerprint density at radius 2 is 1.78 bits per heavy atom. The highest BCUT2D eigenvalue weighted by Crippen LogP contribution is 2.23. The molecule has 0 saturated carbocycles. The lowest BCUT2D eigenvalue weighted by atomic mass is 10.0. The molecule has 2 N–H and O–H groups in total. The van der Waals surface area contributed by atoms with Crippen molar-refractivity contribution in [2.75, 3.05) is 0 Å². The van der Waals surface area contributed by atoms with Gasteiger partial charge >= 0.3 is 5.97 Å². The summed E-state index contributed by atoms with van der Waals surface area (Å²) >= 11 is 0. The van der Waals surface area contributed by atoms with Crippen molar-refractivity contribution in [3.05, 3.63) is 82.6 Å². The fourth-order valence-electron chi connectivity index (χ4n) is 3.99. The van der Waals surface area contributed by atoms with Crippen molar-refractivity contribution in [1.29, 1.82) is 0 Å². The third-order valence-corrected chi connectivity index (χ3v) is 5.85. The molecule has 0 amide bonds. The van der Waals surface area contributed by atoms with E-state index < -0.39 is 0 Å². The van der Waals surface area contributed by atoms with Gasteiger partial charge in [0.2, 0.25) is 0 Å². The highest BCUT2D eigenvalue weighted by Gasteiger charge is 2.20. The van der Waals surface area contributed by atoms with Crippen LogP contribution in [0.1, 0.15) is 84.1 Å². The second kappa shape index (κ2) is 12.9. The van der Waals surface area contributed by atoms with E-state index in [2.05, 4.69) is 17.2 Å². The first kappa shape index (κ1) is 23.9. The second-order valence-electron chi connectivity index (χ2n) is 8.34. The molecule has 0 unspecified atom stereocenters. The summed E-state index contributed by atoms with van der Waals surface area (Å²) in [6, 6.07) is 13.6. The Balaban J connectivity index is 1.63. The molecule has 3 aromatic rings. The number of rotatable bonds is 14. The summed E-state index contributed by atoms with van der Waals surface area (Å²) < 4.78 is 11.0. The van der Waals surface area contributed by atoms with Crippen LogP contribution in [0.5, 0.6) is 0 Å². The largest absolute Gasteiger partial charge is 0.468 e. The van der Waals surface area contributed by atoms with E-state index >= 15 is 0 Å². The van der Waals surface area contributed by atoms with Crippen LogP contribution in [0.4, 0.5) is 0 Å². The molecular weight excluding hydrogens is 400 g/mol. The molecule has 5 heteroatoms. The van der Waals surface area contributed by atoms with Crippen molar-refractivity contribution in [2.45, 2.75) is 78.5 Å². The number of nitrogens with one attached hydrogen (secondary N) is 2. The quantitative estimate of drug-likeness (QED) is 0.225. The lowest BCUT2D eigenvalue weighted by Crippen LogP contribution is -2.14. The Bertz CT molecular complexity index is 929. The van der Waals surface area contributed by atoms with E-state index in [1.54, 1.807) is 6.26 Å². The summed E-state index contributed by atoms with van der Waals surface area (Å²) in [6.07, 6.45) is 10.1. The van der Waals surface area contributed by atoms with Crippen molar-refractivity contribution in [3.63, 3.8) is 0 Å². The van der Waals surface area contributed by atoms with Gasteiger partial charge in [-0.3, -0.25) is 0 Å². The molecule has 0 saturated heterocycles. The van der Waals surface area contributed by atoms with Gasteiger partial charge in [-0.1, -0.05) is 69.4 Å². The van der Waals surface area contributed by atoms with E-state index in [1.807, 2.05) is 49.4 Å². The van der Waals surface area contributed by atoms with E-state index in [0.717, 1.165) is 35.4 Å². The van der Waals surface area contributed by atoms with Crippen LogP contribution in [-0.2, 0) is 30.9 Å². The average molecular weight is 437 g/mol. The summed E-state index contributed by atoms with van der Waals surface area (Å²) in [5.74, 6) is 0.598. The van der Waals surface area contributed by atoms with Gasteiger partial charge in [0.1, 0.15) is 18.1 Å². The molecule has 2 heterocycles. The fraction of sp³-hybridized carbons (Fsp3) is 0.444. The molecule has 0 radical (unpaired) electrons. The molecule has 0 fully saturated rings. The van der Waals surface area contributed by atoms with E-state index in [9.17, 15) is 4.79 Å². The molecule has 0 aliphatic rings. The SMILES string of the molecule is CCCCCCCCc1c(CNCc2ccco2)[nH]c(C(=O)OCc2ccccc2)c1C. The molecule has 0 bridgehead atoms. The first-order chi connectivity index (χ1) is 15.7. The van der Waals surface area contributed by atoms with Gasteiger partial charge < -0.3 is 19.5 Å². The molecule has 2 aromatic heterocycles. The topological polar surface area (TPSA) is 67.3 Å². The maximum atomic E-state index is 12.8. The minimum absolute atomic E-state index is 0.275. The zero-order valence-electron chi connectivity index (χ0n) is 19.4. The Labute approximate surface area is 191 Å². The monoisotopic (exact) mass is 436 g/mol. The molecule has 0 aliphatic carbocycles. The van der Waals surface area contributed by atoms with E-state index in [-0.39, 0.29) is 12.6 Å². The zero-order chi connectivity index (χ0) is 22.6. The Hall–Kier alpha value is -2.79. The summed E-state index contributed by atoms with van der Waals surface area (Å²) in [7, 11) is 0. The average Bonchev–Trinajstić information content (AvgIpc) is 3.44. The maximum Gasteiger partial charge on any atom is 0.355 e. The number of unbranched alkanes of at least 4 members (excludes halogenated alkanes) is 5. The van der Waals surface area contributed by atoms with Gasteiger partial charge in [-0.2, -0.15) is 0 Å². The standard InChI is InChI=1S/C27H36N2O3/c1-3-4-5-6-7-11-16-24-21(2)26(27(30)32-20-22-13-9-8-10-14-22)29-25(24)19-28-18-23-15-12-17-31-23/h8-10,12-15,17,28-29H,3-7,11,16,18-20H2,1-2H3. The van der Waals surface area contributed by atoms with Crippen LogP contribution >= 0.6 is 0 Å². The summed E-state index contributed by atoms with van der Waals surface area (Å²) in [6.45, 7) is 5.84. The van der Waals surface area contributed by atoms with Crippen LogP contribution in [0.2, 0.25) is 0 Å². The molecule has 0 atom stereocenters. The number of hydrogen-bond donors (Lipinski definition) is 2. The van der Waals surface area contributed by atoms with Crippen molar-refractivity contribution in [3.8, 4) is 0 Å².